The highest BCUT2D eigenvalue weighted by atomic mass is 16.2. The molecule has 1 aromatic carbocycles. The molecule has 1 aliphatic heterocycles. The summed E-state index contributed by atoms with van der Waals surface area (Å²) in [6.07, 6.45) is 5.75. The molecule has 5 nitrogen and oxygen atoms in total. The molecule has 2 fully saturated rings. The summed E-state index contributed by atoms with van der Waals surface area (Å²) in [6.45, 7) is 0.345. The zero-order chi connectivity index (χ0) is 16.7. The first-order valence-electron chi connectivity index (χ1n) is 8.49. The van der Waals surface area contributed by atoms with Crippen molar-refractivity contribution in [2.45, 2.75) is 12.8 Å². The van der Waals surface area contributed by atoms with E-state index >= 15 is 0 Å². The average molecular weight is 324 g/mol. The third kappa shape index (κ3) is 2.44. The first kappa shape index (κ1) is 15.1. The standard InChI is InChI=1S/C19H20N2O3/c22-15(20-9-8-12-4-2-1-3-5-12)11-21-18(23)16-13-6-7-14(10-13)17(16)19(21)24/h1-7,13-14,16-17H,8-11H2,(H,20,22)/t13-,14-,16-,17-/m0/s1. The molecule has 0 radical (unpaired) electrons. The van der Waals surface area contributed by atoms with Gasteiger partial charge in [-0.15, -0.1) is 0 Å². The van der Waals surface area contributed by atoms with E-state index in [1.54, 1.807) is 0 Å². The highest BCUT2D eigenvalue weighted by molar-refractivity contribution is 6.08. The lowest BCUT2D eigenvalue weighted by molar-refractivity contribution is -0.144. The van der Waals surface area contributed by atoms with Gasteiger partial charge in [0.1, 0.15) is 6.54 Å². The Labute approximate surface area is 140 Å². The fraction of sp³-hybridized carbons (Fsp3) is 0.421. The Bertz CT molecular complexity index is 683. The summed E-state index contributed by atoms with van der Waals surface area (Å²) in [6, 6.07) is 9.87. The summed E-state index contributed by atoms with van der Waals surface area (Å²) < 4.78 is 0. The summed E-state index contributed by atoms with van der Waals surface area (Å²) in [5.74, 6) is -0.701. The molecule has 5 heteroatoms. The minimum absolute atomic E-state index is 0.154. The molecule has 1 aromatic rings. The Morgan fingerprint density at radius 2 is 1.67 bits per heavy atom. The summed E-state index contributed by atoms with van der Waals surface area (Å²) in [5, 5.41) is 2.80. The van der Waals surface area contributed by atoms with Gasteiger partial charge in [0.25, 0.3) is 0 Å². The number of nitrogens with one attached hydrogen (secondary N) is 1. The zero-order valence-corrected chi connectivity index (χ0v) is 13.4. The molecule has 24 heavy (non-hydrogen) atoms. The van der Waals surface area contributed by atoms with E-state index in [1.807, 2.05) is 30.3 Å². The number of carbonyl (C=O) groups is 3. The number of rotatable bonds is 5. The van der Waals surface area contributed by atoms with Gasteiger partial charge in [0.2, 0.25) is 17.7 Å². The smallest absolute Gasteiger partial charge is 0.240 e. The third-order valence-electron chi connectivity index (χ3n) is 5.44. The van der Waals surface area contributed by atoms with Crippen molar-refractivity contribution in [3.8, 4) is 0 Å². The molecule has 1 saturated carbocycles. The quantitative estimate of drug-likeness (QED) is 0.653. The number of imide groups is 1. The lowest BCUT2D eigenvalue weighted by Gasteiger charge is -2.16. The fourth-order valence-corrected chi connectivity index (χ4v) is 4.31. The van der Waals surface area contributed by atoms with E-state index in [-0.39, 0.29) is 47.9 Å². The number of benzene rings is 1. The van der Waals surface area contributed by atoms with Gasteiger partial charge in [-0.2, -0.15) is 0 Å². The maximum absolute atomic E-state index is 12.5. The van der Waals surface area contributed by atoms with Crippen molar-refractivity contribution in [2.75, 3.05) is 13.1 Å². The minimum atomic E-state index is -0.270. The van der Waals surface area contributed by atoms with Crippen LogP contribution < -0.4 is 5.32 Å². The van der Waals surface area contributed by atoms with Crippen LogP contribution in [0.25, 0.3) is 0 Å². The van der Waals surface area contributed by atoms with Crippen molar-refractivity contribution in [1.82, 2.24) is 10.2 Å². The van der Waals surface area contributed by atoms with Crippen LogP contribution in [-0.4, -0.2) is 35.7 Å². The molecule has 3 amide bonds. The molecular weight excluding hydrogens is 304 g/mol. The molecule has 0 unspecified atom stereocenters. The lowest BCUT2D eigenvalue weighted by Crippen LogP contribution is -2.42. The van der Waals surface area contributed by atoms with E-state index in [1.165, 1.54) is 4.90 Å². The lowest BCUT2D eigenvalue weighted by atomic mass is 9.85. The third-order valence-corrected chi connectivity index (χ3v) is 5.44. The first-order valence-corrected chi connectivity index (χ1v) is 8.49. The van der Waals surface area contributed by atoms with Crippen LogP contribution in [-0.2, 0) is 20.8 Å². The van der Waals surface area contributed by atoms with Crippen LogP contribution in [0.2, 0.25) is 0 Å². The number of hydrogen-bond acceptors (Lipinski definition) is 3. The molecule has 1 N–H and O–H groups in total. The molecule has 4 rings (SSSR count). The van der Waals surface area contributed by atoms with Crippen molar-refractivity contribution in [1.29, 1.82) is 0 Å². The monoisotopic (exact) mass is 324 g/mol. The number of nitrogens with zero attached hydrogens (tertiary/aromatic N) is 1. The molecule has 1 saturated heterocycles. The van der Waals surface area contributed by atoms with Gasteiger partial charge >= 0.3 is 0 Å². The zero-order valence-electron chi connectivity index (χ0n) is 13.4. The van der Waals surface area contributed by atoms with Gasteiger partial charge < -0.3 is 5.32 Å². The summed E-state index contributed by atoms with van der Waals surface area (Å²) in [5.41, 5.74) is 1.14. The molecular formula is C19H20N2O3. The second kappa shape index (κ2) is 5.89. The topological polar surface area (TPSA) is 66.5 Å². The van der Waals surface area contributed by atoms with Crippen LogP contribution in [0.5, 0.6) is 0 Å². The molecule has 0 aromatic heterocycles. The molecule has 2 aliphatic carbocycles. The number of carbonyl (C=O) groups excluding carboxylic acids is 3. The normalized spacial score (nSPS) is 30.1. The Morgan fingerprint density at radius 3 is 2.29 bits per heavy atom. The van der Waals surface area contributed by atoms with Crippen LogP contribution in [0.1, 0.15) is 12.0 Å². The molecule has 3 aliphatic rings. The van der Waals surface area contributed by atoms with E-state index in [0.717, 1.165) is 18.4 Å². The van der Waals surface area contributed by atoms with Gasteiger partial charge in [0.15, 0.2) is 0 Å². The second-order valence-electron chi connectivity index (χ2n) is 6.85. The summed E-state index contributed by atoms with van der Waals surface area (Å²) >= 11 is 0. The molecule has 1 heterocycles. The predicted octanol–water partition coefficient (Wildman–Crippen LogP) is 1.15. The largest absolute Gasteiger partial charge is 0.354 e. The van der Waals surface area contributed by atoms with E-state index in [9.17, 15) is 14.4 Å². The maximum atomic E-state index is 12.5. The Balaban J connectivity index is 1.32. The van der Waals surface area contributed by atoms with Gasteiger partial charge in [0.05, 0.1) is 11.8 Å². The molecule has 2 bridgehead atoms. The molecule has 0 spiro atoms. The fourth-order valence-electron chi connectivity index (χ4n) is 4.31. The Morgan fingerprint density at radius 1 is 1.04 bits per heavy atom. The highest BCUT2D eigenvalue weighted by Crippen LogP contribution is 2.52. The van der Waals surface area contributed by atoms with Crippen molar-refractivity contribution in [3.63, 3.8) is 0 Å². The summed E-state index contributed by atoms with van der Waals surface area (Å²) in [7, 11) is 0. The van der Waals surface area contributed by atoms with Gasteiger partial charge in [-0.25, -0.2) is 0 Å². The van der Waals surface area contributed by atoms with Crippen LogP contribution in [0, 0.1) is 23.7 Å². The van der Waals surface area contributed by atoms with Crippen molar-refractivity contribution in [2.24, 2.45) is 23.7 Å². The van der Waals surface area contributed by atoms with E-state index in [0.29, 0.717) is 6.54 Å². The van der Waals surface area contributed by atoms with Gasteiger partial charge in [-0.1, -0.05) is 42.5 Å². The Kier molecular flexibility index (Phi) is 3.71. The number of amides is 3. The van der Waals surface area contributed by atoms with Crippen LogP contribution in [0.3, 0.4) is 0 Å². The van der Waals surface area contributed by atoms with Crippen molar-refractivity contribution >= 4 is 17.7 Å². The van der Waals surface area contributed by atoms with Crippen LogP contribution >= 0.6 is 0 Å². The van der Waals surface area contributed by atoms with Gasteiger partial charge in [-0.3, -0.25) is 19.3 Å². The van der Waals surface area contributed by atoms with Gasteiger partial charge in [-0.05, 0) is 30.2 Å². The number of likely N-dealkylation sites (tertiary alicyclic amines) is 1. The molecule has 124 valence electrons. The SMILES string of the molecule is O=C(CN1C(=O)[C@@H]2[C@@H](C1=O)[C@H]1C=C[C@H]2C1)NCCc1ccccc1. The summed E-state index contributed by atoms with van der Waals surface area (Å²) in [4.78, 5) is 38.3. The average Bonchev–Trinajstić information content (AvgIpc) is 3.26. The number of allylic oxidation sites excluding steroid dienone is 2. The first-order chi connectivity index (χ1) is 11.6. The van der Waals surface area contributed by atoms with Gasteiger partial charge in [0, 0.05) is 6.54 Å². The Hall–Kier alpha value is -2.43. The highest BCUT2D eigenvalue weighted by Gasteiger charge is 2.59. The number of fused-ring (bicyclic) bond motifs is 5. The maximum Gasteiger partial charge on any atom is 0.240 e. The van der Waals surface area contributed by atoms with E-state index < -0.39 is 0 Å². The minimum Gasteiger partial charge on any atom is -0.354 e. The molecule has 4 atom stereocenters. The van der Waals surface area contributed by atoms with Crippen molar-refractivity contribution < 1.29 is 14.4 Å². The van der Waals surface area contributed by atoms with E-state index in [2.05, 4.69) is 17.5 Å². The van der Waals surface area contributed by atoms with E-state index in [4.69, 9.17) is 0 Å². The van der Waals surface area contributed by atoms with Crippen LogP contribution in [0.4, 0.5) is 0 Å². The van der Waals surface area contributed by atoms with Crippen LogP contribution in [0.15, 0.2) is 42.5 Å². The number of hydrogen-bond donors (Lipinski definition) is 1. The second-order valence-corrected chi connectivity index (χ2v) is 6.85. The predicted molar refractivity (Wildman–Crippen MR) is 87.6 cm³/mol. The van der Waals surface area contributed by atoms with Crippen molar-refractivity contribution in [3.05, 3.63) is 48.0 Å².